The van der Waals surface area contributed by atoms with E-state index in [0.717, 1.165) is 26.2 Å². The first kappa shape index (κ1) is 12.9. The lowest BCUT2D eigenvalue weighted by molar-refractivity contribution is -0.0272. The number of likely N-dealkylation sites (tertiary alicyclic amines) is 1. The third-order valence-electron chi connectivity index (χ3n) is 3.72. The van der Waals surface area contributed by atoms with Gasteiger partial charge in [-0.1, -0.05) is 13.8 Å². The van der Waals surface area contributed by atoms with Gasteiger partial charge < -0.3 is 15.7 Å². The van der Waals surface area contributed by atoms with Gasteiger partial charge in [-0.15, -0.1) is 0 Å². The Balaban J connectivity index is 2.44. The molecule has 3 nitrogen and oxygen atoms in total. The summed E-state index contributed by atoms with van der Waals surface area (Å²) in [5.41, 5.74) is 5.13. The van der Waals surface area contributed by atoms with E-state index in [9.17, 15) is 5.11 Å². The predicted octanol–water partition coefficient (Wildman–Crippen LogP) is 1.06. The molecule has 15 heavy (non-hydrogen) atoms. The summed E-state index contributed by atoms with van der Waals surface area (Å²) < 4.78 is 0. The number of nitrogens with two attached hydrogens (primary N) is 1. The van der Waals surface area contributed by atoms with Crippen LogP contribution in [0.25, 0.3) is 0 Å². The van der Waals surface area contributed by atoms with Gasteiger partial charge in [0.05, 0.1) is 5.60 Å². The first-order valence-corrected chi connectivity index (χ1v) is 6.10. The third kappa shape index (κ3) is 3.74. The molecule has 0 bridgehead atoms. The molecular formula is C12H26N2O. The molecule has 1 fully saturated rings. The van der Waals surface area contributed by atoms with Gasteiger partial charge in [-0.05, 0) is 44.7 Å². The molecule has 0 saturated carbocycles. The second-order valence-electron chi connectivity index (χ2n) is 5.49. The maximum atomic E-state index is 10.2. The van der Waals surface area contributed by atoms with Crippen LogP contribution in [0.15, 0.2) is 0 Å². The number of aliphatic hydroxyl groups is 1. The van der Waals surface area contributed by atoms with Crippen LogP contribution in [0, 0.1) is 11.8 Å². The molecule has 0 aromatic rings. The summed E-state index contributed by atoms with van der Waals surface area (Å²) in [6.07, 6.45) is 2.47. The Bertz CT molecular complexity index is 192. The SMILES string of the molecule is CC(C)C(C)(O)CN1CCCC(CN)C1. The molecule has 2 atom stereocenters. The van der Waals surface area contributed by atoms with E-state index in [0.29, 0.717) is 11.8 Å². The molecule has 0 aromatic heterocycles. The zero-order valence-electron chi connectivity index (χ0n) is 10.4. The van der Waals surface area contributed by atoms with Crippen LogP contribution in [-0.4, -0.2) is 41.8 Å². The lowest BCUT2D eigenvalue weighted by Gasteiger charge is -2.38. The highest BCUT2D eigenvalue weighted by atomic mass is 16.3. The summed E-state index contributed by atoms with van der Waals surface area (Å²) in [7, 11) is 0. The number of hydrogen-bond donors (Lipinski definition) is 2. The molecule has 2 unspecified atom stereocenters. The van der Waals surface area contributed by atoms with Gasteiger partial charge in [-0.2, -0.15) is 0 Å². The van der Waals surface area contributed by atoms with Gasteiger partial charge in [-0.3, -0.25) is 0 Å². The zero-order chi connectivity index (χ0) is 11.5. The van der Waals surface area contributed by atoms with Gasteiger partial charge in [0.2, 0.25) is 0 Å². The van der Waals surface area contributed by atoms with Crippen LogP contribution in [-0.2, 0) is 0 Å². The molecule has 0 aromatic carbocycles. The van der Waals surface area contributed by atoms with Crippen molar-refractivity contribution >= 4 is 0 Å². The van der Waals surface area contributed by atoms with Gasteiger partial charge in [-0.25, -0.2) is 0 Å². The standard InChI is InChI=1S/C12H26N2O/c1-10(2)12(3,15)9-14-6-4-5-11(7-13)8-14/h10-11,15H,4-9,13H2,1-3H3. The molecule has 1 heterocycles. The molecule has 3 heteroatoms. The summed E-state index contributed by atoms with van der Waals surface area (Å²) in [5.74, 6) is 0.928. The summed E-state index contributed by atoms with van der Waals surface area (Å²) in [6, 6.07) is 0. The maximum absolute atomic E-state index is 10.2. The highest BCUT2D eigenvalue weighted by molar-refractivity contribution is 4.83. The highest BCUT2D eigenvalue weighted by Gasteiger charge is 2.29. The molecule has 1 rings (SSSR count). The maximum Gasteiger partial charge on any atom is 0.0768 e. The van der Waals surface area contributed by atoms with E-state index >= 15 is 0 Å². The van der Waals surface area contributed by atoms with Gasteiger partial charge in [0.15, 0.2) is 0 Å². The zero-order valence-corrected chi connectivity index (χ0v) is 10.4. The topological polar surface area (TPSA) is 49.5 Å². The molecule has 0 amide bonds. The van der Waals surface area contributed by atoms with Crippen molar-refractivity contribution in [1.29, 1.82) is 0 Å². The summed E-state index contributed by atoms with van der Waals surface area (Å²) >= 11 is 0. The normalized spacial score (nSPS) is 28.0. The van der Waals surface area contributed by atoms with E-state index in [4.69, 9.17) is 5.73 Å². The van der Waals surface area contributed by atoms with Crippen molar-refractivity contribution in [2.45, 2.75) is 39.2 Å². The van der Waals surface area contributed by atoms with Crippen molar-refractivity contribution in [3.05, 3.63) is 0 Å². The van der Waals surface area contributed by atoms with Crippen molar-refractivity contribution < 1.29 is 5.11 Å². The number of nitrogens with zero attached hydrogens (tertiary/aromatic N) is 1. The molecule has 0 radical (unpaired) electrons. The quantitative estimate of drug-likeness (QED) is 0.736. The van der Waals surface area contributed by atoms with Crippen LogP contribution >= 0.6 is 0 Å². The van der Waals surface area contributed by atoms with E-state index in [-0.39, 0.29) is 0 Å². The summed E-state index contributed by atoms with van der Waals surface area (Å²) in [4.78, 5) is 2.36. The third-order valence-corrected chi connectivity index (χ3v) is 3.72. The minimum atomic E-state index is -0.573. The lowest BCUT2D eigenvalue weighted by Crippen LogP contribution is -2.48. The van der Waals surface area contributed by atoms with Gasteiger partial charge >= 0.3 is 0 Å². The minimum Gasteiger partial charge on any atom is -0.389 e. The summed E-state index contributed by atoms with van der Waals surface area (Å²) in [5, 5.41) is 10.2. The van der Waals surface area contributed by atoms with Crippen molar-refractivity contribution in [2.24, 2.45) is 17.6 Å². The van der Waals surface area contributed by atoms with Crippen molar-refractivity contribution in [2.75, 3.05) is 26.2 Å². The predicted molar refractivity (Wildman–Crippen MR) is 63.7 cm³/mol. The van der Waals surface area contributed by atoms with Crippen LogP contribution in [0.4, 0.5) is 0 Å². The Morgan fingerprint density at radius 2 is 2.20 bits per heavy atom. The van der Waals surface area contributed by atoms with Gasteiger partial charge in [0.1, 0.15) is 0 Å². The Morgan fingerprint density at radius 1 is 1.53 bits per heavy atom. The Hall–Kier alpha value is -0.120. The van der Waals surface area contributed by atoms with E-state index in [1.807, 2.05) is 6.92 Å². The highest BCUT2D eigenvalue weighted by Crippen LogP contribution is 2.21. The van der Waals surface area contributed by atoms with Crippen LogP contribution in [0.3, 0.4) is 0 Å². The second-order valence-corrected chi connectivity index (χ2v) is 5.49. The van der Waals surface area contributed by atoms with E-state index in [1.54, 1.807) is 0 Å². The van der Waals surface area contributed by atoms with Crippen molar-refractivity contribution in [3.63, 3.8) is 0 Å². The first-order valence-electron chi connectivity index (χ1n) is 6.10. The van der Waals surface area contributed by atoms with E-state index < -0.39 is 5.60 Å². The van der Waals surface area contributed by atoms with Crippen molar-refractivity contribution in [1.82, 2.24) is 4.90 Å². The van der Waals surface area contributed by atoms with Crippen LogP contribution in [0.1, 0.15) is 33.6 Å². The fourth-order valence-corrected chi connectivity index (χ4v) is 2.12. The molecule has 1 aliphatic heterocycles. The van der Waals surface area contributed by atoms with Crippen molar-refractivity contribution in [3.8, 4) is 0 Å². The van der Waals surface area contributed by atoms with Crippen LogP contribution in [0.5, 0.6) is 0 Å². The average Bonchev–Trinajstić information content (AvgIpc) is 2.17. The number of β-amino-alcohol motifs (C(OH)–C–C–N with tert-alkyl or cyclic N) is 1. The van der Waals surface area contributed by atoms with Crippen LogP contribution < -0.4 is 5.73 Å². The molecular weight excluding hydrogens is 188 g/mol. The monoisotopic (exact) mass is 214 g/mol. The first-order chi connectivity index (χ1) is 6.95. The Kier molecular flexibility index (Phi) is 4.56. The molecule has 3 N–H and O–H groups in total. The van der Waals surface area contributed by atoms with E-state index in [2.05, 4.69) is 18.7 Å². The smallest absolute Gasteiger partial charge is 0.0768 e. The fraction of sp³-hybridized carbons (Fsp3) is 1.00. The number of hydrogen-bond acceptors (Lipinski definition) is 3. The van der Waals surface area contributed by atoms with Gasteiger partial charge in [0.25, 0.3) is 0 Å². The van der Waals surface area contributed by atoms with Crippen LogP contribution in [0.2, 0.25) is 0 Å². The lowest BCUT2D eigenvalue weighted by atomic mass is 9.90. The van der Waals surface area contributed by atoms with E-state index in [1.165, 1.54) is 12.8 Å². The number of piperidine rings is 1. The summed E-state index contributed by atoms with van der Waals surface area (Å²) in [6.45, 7) is 9.80. The molecule has 0 aliphatic carbocycles. The molecule has 1 saturated heterocycles. The Labute approximate surface area is 93.6 Å². The second kappa shape index (κ2) is 5.28. The Morgan fingerprint density at radius 3 is 2.73 bits per heavy atom. The van der Waals surface area contributed by atoms with Gasteiger partial charge in [0, 0.05) is 13.1 Å². The fourth-order valence-electron chi connectivity index (χ4n) is 2.12. The average molecular weight is 214 g/mol. The molecule has 0 spiro atoms. The molecule has 1 aliphatic rings. The minimum absolute atomic E-state index is 0.302. The largest absolute Gasteiger partial charge is 0.389 e. The molecule has 90 valence electrons. The number of rotatable bonds is 4.